The van der Waals surface area contributed by atoms with E-state index >= 15 is 0 Å². The molecular formula is C23H30N4O3S. The summed E-state index contributed by atoms with van der Waals surface area (Å²) in [4.78, 5) is 44.2. The normalized spacial score (nSPS) is 14.7. The lowest BCUT2D eigenvalue weighted by Gasteiger charge is -2.25. The van der Waals surface area contributed by atoms with Crippen LogP contribution in [0.3, 0.4) is 0 Å². The van der Waals surface area contributed by atoms with E-state index in [4.69, 9.17) is 0 Å². The van der Waals surface area contributed by atoms with Crippen LogP contribution in [0.4, 0.5) is 5.69 Å². The number of benzene rings is 1. The smallest absolute Gasteiger partial charge is 0.265 e. The molecule has 1 aliphatic heterocycles. The van der Waals surface area contributed by atoms with Crippen molar-refractivity contribution in [1.29, 1.82) is 0 Å². The maximum atomic E-state index is 13.1. The van der Waals surface area contributed by atoms with Gasteiger partial charge in [0.05, 0.1) is 11.4 Å². The Morgan fingerprint density at radius 1 is 1.03 bits per heavy atom. The van der Waals surface area contributed by atoms with Crippen molar-refractivity contribution in [2.45, 2.75) is 20.3 Å². The van der Waals surface area contributed by atoms with Crippen LogP contribution in [-0.2, 0) is 4.79 Å². The van der Waals surface area contributed by atoms with E-state index in [1.807, 2.05) is 35.1 Å². The number of likely N-dealkylation sites (N-methyl/N-ethyl adjacent to an activating group) is 1. The maximum absolute atomic E-state index is 13.1. The summed E-state index contributed by atoms with van der Waals surface area (Å²) < 4.78 is 0. The SMILES string of the molecule is CCN(CC)C(=O)CN1CCCN(C(=O)c2cccc(NC(=O)c3cccs3)c2)CC1. The first-order valence-corrected chi connectivity index (χ1v) is 11.6. The summed E-state index contributed by atoms with van der Waals surface area (Å²) >= 11 is 1.38. The first-order valence-electron chi connectivity index (χ1n) is 10.8. The minimum atomic E-state index is -0.178. The molecule has 3 amide bonds. The average molecular weight is 443 g/mol. The Hall–Kier alpha value is -2.71. The number of nitrogens with zero attached hydrogens (tertiary/aromatic N) is 3. The first-order chi connectivity index (χ1) is 15.0. The second-order valence-electron chi connectivity index (χ2n) is 7.50. The van der Waals surface area contributed by atoms with Crippen molar-refractivity contribution in [3.05, 3.63) is 52.2 Å². The van der Waals surface area contributed by atoms with Crippen molar-refractivity contribution in [3.63, 3.8) is 0 Å². The fourth-order valence-electron chi connectivity index (χ4n) is 3.71. The average Bonchev–Trinajstić information content (AvgIpc) is 3.22. The van der Waals surface area contributed by atoms with Crippen LogP contribution < -0.4 is 5.32 Å². The summed E-state index contributed by atoms with van der Waals surface area (Å²) in [6.07, 6.45) is 0.825. The maximum Gasteiger partial charge on any atom is 0.265 e. The number of anilines is 1. The van der Waals surface area contributed by atoms with Crippen LogP contribution in [0.1, 0.15) is 40.3 Å². The molecule has 0 saturated carbocycles. The van der Waals surface area contributed by atoms with Gasteiger partial charge >= 0.3 is 0 Å². The molecule has 0 bridgehead atoms. The number of hydrogen-bond donors (Lipinski definition) is 1. The highest BCUT2D eigenvalue weighted by Crippen LogP contribution is 2.17. The van der Waals surface area contributed by atoms with Crippen LogP contribution in [0, 0.1) is 0 Å². The molecule has 1 N–H and O–H groups in total. The van der Waals surface area contributed by atoms with Gasteiger partial charge in [-0.3, -0.25) is 19.3 Å². The van der Waals surface area contributed by atoms with E-state index in [2.05, 4.69) is 10.2 Å². The lowest BCUT2D eigenvalue weighted by molar-refractivity contribution is -0.132. The molecule has 0 atom stereocenters. The summed E-state index contributed by atoms with van der Waals surface area (Å²) in [6, 6.07) is 10.7. The molecule has 1 saturated heterocycles. The Morgan fingerprint density at radius 3 is 2.55 bits per heavy atom. The molecule has 1 aromatic carbocycles. The van der Waals surface area contributed by atoms with E-state index in [-0.39, 0.29) is 17.7 Å². The second-order valence-corrected chi connectivity index (χ2v) is 8.45. The van der Waals surface area contributed by atoms with Crippen molar-refractivity contribution in [2.75, 3.05) is 51.1 Å². The molecule has 7 nitrogen and oxygen atoms in total. The van der Waals surface area contributed by atoms with Gasteiger partial charge in [0.2, 0.25) is 5.91 Å². The van der Waals surface area contributed by atoms with Gasteiger partial charge in [0, 0.05) is 50.5 Å². The van der Waals surface area contributed by atoms with E-state index < -0.39 is 0 Å². The van der Waals surface area contributed by atoms with Crippen LogP contribution in [0.2, 0.25) is 0 Å². The predicted molar refractivity (Wildman–Crippen MR) is 124 cm³/mol. The topological polar surface area (TPSA) is 73.0 Å². The van der Waals surface area contributed by atoms with Crippen LogP contribution in [0.15, 0.2) is 41.8 Å². The fourth-order valence-corrected chi connectivity index (χ4v) is 4.33. The third-order valence-corrected chi connectivity index (χ3v) is 6.33. The van der Waals surface area contributed by atoms with Crippen LogP contribution >= 0.6 is 11.3 Å². The van der Waals surface area contributed by atoms with Crippen LogP contribution in [-0.4, -0.2) is 78.2 Å². The predicted octanol–water partition coefficient (Wildman–Crippen LogP) is 3.02. The van der Waals surface area contributed by atoms with E-state index in [0.29, 0.717) is 55.4 Å². The van der Waals surface area contributed by atoms with Gasteiger partial charge in [0.25, 0.3) is 11.8 Å². The van der Waals surface area contributed by atoms with E-state index in [9.17, 15) is 14.4 Å². The molecule has 2 heterocycles. The summed E-state index contributed by atoms with van der Waals surface area (Å²) in [6.45, 7) is 8.51. The van der Waals surface area contributed by atoms with Crippen molar-refractivity contribution >= 4 is 34.7 Å². The van der Waals surface area contributed by atoms with E-state index in [0.717, 1.165) is 13.0 Å². The minimum absolute atomic E-state index is 0.0517. The zero-order valence-electron chi connectivity index (χ0n) is 18.2. The van der Waals surface area contributed by atoms with Gasteiger partial charge in [-0.2, -0.15) is 0 Å². The number of amides is 3. The molecule has 1 aromatic heterocycles. The largest absolute Gasteiger partial charge is 0.342 e. The summed E-state index contributed by atoms with van der Waals surface area (Å²) in [5, 5.41) is 4.71. The zero-order valence-corrected chi connectivity index (χ0v) is 19.0. The number of carbonyl (C=O) groups is 3. The van der Waals surface area contributed by atoms with E-state index in [1.165, 1.54) is 11.3 Å². The fraction of sp³-hybridized carbons (Fsp3) is 0.435. The summed E-state index contributed by atoms with van der Waals surface area (Å²) in [7, 11) is 0. The van der Waals surface area contributed by atoms with Gasteiger partial charge in [-0.05, 0) is 49.9 Å². The van der Waals surface area contributed by atoms with Gasteiger partial charge in [-0.15, -0.1) is 11.3 Å². The lowest BCUT2D eigenvalue weighted by atomic mass is 10.1. The molecule has 8 heteroatoms. The Balaban J connectivity index is 1.59. The highest BCUT2D eigenvalue weighted by atomic mass is 32.1. The standard InChI is InChI=1S/C23H30N4O3S/c1-3-26(4-2)21(28)17-25-11-7-12-27(14-13-25)23(30)18-8-5-9-19(16-18)24-22(29)20-10-6-15-31-20/h5-6,8-10,15-16H,3-4,7,11-14,17H2,1-2H3,(H,24,29). The molecule has 0 aliphatic carbocycles. The molecule has 0 radical (unpaired) electrons. The summed E-state index contributed by atoms with van der Waals surface area (Å²) in [5.41, 5.74) is 1.15. The van der Waals surface area contributed by atoms with Gasteiger partial charge in [0.1, 0.15) is 0 Å². The molecule has 3 rings (SSSR count). The number of nitrogens with one attached hydrogen (secondary N) is 1. The zero-order chi connectivity index (χ0) is 22.2. The van der Waals surface area contributed by atoms with Crippen LogP contribution in [0.25, 0.3) is 0 Å². The molecule has 1 aliphatic rings. The Morgan fingerprint density at radius 2 is 1.84 bits per heavy atom. The molecule has 0 unspecified atom stereocenters. The third kappa shape index (κ3) is 6.15. The van der Waals surface area contributed by atoms with E-state index in [1.54, 1.807) is 30.3 Å². The number of carbonyl (C=O) groups excluding carboxylic acids is 3. The number of rotatable bonds is 7. The summed E-state index contributed by atoms with van der Waals surface area (Å²) in [5.74, 6) is -0.0917. The van der Waals surface area contributed by atoms with Gasteiger partial charge in [-0.1, -0.05) is 12.1 Å². The number of thiophene rings is 1. The molecule has 31 heavy (non-hydrogen) atoms. The van der Waals surface area contributed by atoms with Gasteiger partial charge < -0.3 is 15.1 Å². The molecule has 2 aromatic rings. The van der Waals surface area contributed by atoms with Crippen molar-refractivity contribution in [2.24, 2.45) is 0 Å². The highest BCUT2D eigenvalue weighted by molar-refractivity contribution is 7.12. The number of hydrogen-bond acceptors (Lipinski definition) is 5. The van der Waals surface area contributed by atoms with Gasteiger partial charge in [-0.25, -0.2) is 0 Å². The Kier molecular flexibility index (Phi) is 8.20. The monoisotopic (exact) mass is 442 g/mol. The Labute approximate surface area is 187 Å². The van der Waals surface area contributed by atoms with Crippen molar-refractivity contribution in [1.82, 2.24) is 14.7 Å². The van der Waals surface area contributed by atoms with Crippen LogP contribution in [0.5, 0.6) is 0 Å². The highest BCUT2D eigenvalue weighted by Gasteiger charge is 2.23. The molecule has 1 fully saturated rings. The lowest BCUT2D eigenvalue weighted by Crippen LogP contribution is -2.42. The second kappa shape index (κ2) is 11.1. The molecule has 0 spiro atoms. The van der Waals surface area contributed by atoms with Crippen molar-refractivity contribution < 1.29 is 14.4 Å². The third-order valence-electron chi connectivity index (χ3n) is 5.46. The Bertz CT molecular complexity index is 896. The first kappa shape index (κ1) is 23.0. The minimum Gasteiger partial charge on any atom is -0.342 e. The molecule has 166 valence electrons. The van der Waals surface area contributed by atoms with Crippen molar-refractivity contribution in [3.8, 4) is 0 Å². The van der Waals surface area contributed by atoms with Gasteiger partial charge in [0.15, 0.2) is 0 Å². The molecular weight excluding hydrogens is 412 g/mol. The quantitative estimate of drug-likeness (QED) is 0.715.